The predicted octanol–water partition coefficient (Wildman–Crippen LogP) is 4.47. The number of hydrogen-bond acceptors (Lipinski definition) is 3. The van der Waals surface area contributed by atoms with Gasteiger partial charge < -0.3 is 15.0 Å². The smallest absolute Gasteiger partial charge is 0.235 e. The van der Waals surface area contributed by atoms with Crippen molar-refractivity contribution >= 4 is 11.6 Å². The molecule has 1 heterocycles. The standard InChI is InChI=1S/C23H30N2O2/c1-3-25-17-8-15-23(16-18-25,19-9-6-5-7-10-19)22(26)24-20-11-13-21(14-12-20)27-4-2/h5-7,9-14H,3-4,8,15-18H2,1-2H3,(H,24,26). The highest BCUT2D eigenvalue weighted by Gasteiger charge is 2.41. The summed E-state index contributed by atoms with van der Waals surface area (Å²) in [5, 5.41) is 3.17. The summed E-state index contributed by atoms with van der Waals surface area (Å²) in [5.41, 5.74) is 1.45. The lowest BCUT2D eigenvalue weighted by Gasteiger charge is -2.32. The van der Waals surface area contributed by atoms with Gasteiger partial charge in [-0.25, -0.2) is 0 Å². The van der Waals surface area contributed by atoms with E-state index in [-0.39, 0.29) is 5.91 Å². The minimum absolute atomic E-state index is 0.0933. The van der Waals surface area contributed by atoms with E-state index in [1.807, 2.05) is 49.4 Å². The third-order valence-corrected chi connectivity index (χ3v) is 5.56. The first-order valence-corrected chi connectivity index (χ1v) is 10.00. The number of likely N-dealkylation sites (tertiary alicyclic amines) is 1. The maximum atomic E-state index is 13.5. The van der Waals surface area contributed by atoms with E-state index in [1.165, 1.54) is 0 Å². The van der Waals surface area contributed by atoms with E-state index in [0.29, 0.717) is 6.61 Å². The maximum absolute atomic E-state index is 13.5. The van der Waals surface area contributed by atoms with Gasteiger partial charge in [0, 0.05) is 5.69 Å². The van der Waals surface area contributed by atoms with Crippen LogP contribution >= 0.6 is 0 Å². The van der Waals surface area contributed by atoms with E-state index in [0.717, 1.165) is 55.9 Å². The summed E-state index contributed by atoms with van der Waals surface area (Å²) in [5.74, 6) is 0.914. The SMILES string of the molecule is CCOc1ccc(NC(=O)C2(c3ccccc3)CCCN(CC)CC2)cc1. The zero-order valence-electron chi connectivity index (χ0n) is 16.4. The summed E-state index contributed by atoms with van der Waals surface area (Å²) >= 11 is 0. The molecule has 1 fully saturated rings. The number of nitrogens with one attached hydrogen (secondary N) is 1. The van der Waals surface area contributed by atoms with Crippen LogP contribution in [0.2, 0.25) is 0 Å². The lowest BCUT2D eigenvalue weighted by Crippen LogP contribution is -2.41. The Bertz CT molecular complexity index is 730. The largest absolute Gasteiger partial charge is 0.494 e. The third-order valence-electron chi connectivity index (χ3n) is 5.56. The van der Waals surface area contributed by atoms with Gasteiger partial charge >= 0.3 is 0 Å². The van der Waals surface area contributed by atoms with Crippen LogP contribution in [0.5, 0.6) is 5.75 Å². The number of carbonyl (C=O) groups is 1. The predicted molar refractivity (Wildman–Crippen MR) is 110 cm³/mol. The van der Waals surface area contributed by atoms with Crippen LogP contribution in [-0.4, -0.2) is 37.0 Å². The van der Waals surface area contributed by atoms with Gasteiger partial charge in [-0.3, -0.25) is 4.79 Å². The lowest BCUT2D eigenvalue weighted by molar-refractivity contribution is -0.122. The molecule has 2 aromatic carbocycles. The Morgan fingerprint density at radius 1 is 1.04 bits per heavy atom. The number of rotatable bonds is 6. The van der Waals surface area contributed by atoms with Gasteiger partial charge in [0.05, 0.1) is 12.0 Å². The number of amides is 1. The summed E-state index contributed by atoms with van der Waals surface area (Å²) in [6, 6.07) is 17.9. The molecule has 4 nitrogen and oxygen atoms in total. The minimum Gasteiger partial charge on any atom is -0.494 e. The molecule has 0 aromatic heterocycles. The van der Waals surface area contributed by atoms with E-state index < -0.39 is 5.41 Å². The fraction of sp³-hybridized carbons (Fsp3) is 0.435. The number of hydrogen-bond donors (Lipinski definition) is 1. The van der Waals surface area contributed by atoms with Crippen molar-refractivity contribution in [2.45, 2.75) is 38.5 Å². The zero-order valence-corrected chi connectivity index (χ0v) is 16.4. The van der Waals surface area contributed by atoms with Crippen LogP contribution in [0.4, 0.5) is 5.69 Å². The van der Waals surface area contributed by atoms with Crippen molar-refractivity contribution < 1.29 is 9.53 Å². The molecule has 3 rings (SSSR count). The molecule has 1 atom stereocenters. The molecular formula is C23H30N2O2. The first-order chi connectivity index (χ1) is 13.2. The quantitative estimate of drug-likeness (QED) is 0.820. The van der Waals surface area contributed by atoms with Crippen LogP contribution in [0, 0.1) is 0 Å². The Balaban J connectivity index is 1.85. The highest BCUT2D eigenvalue weighted by atomic mass is 16.5. The molecule has 1 amide bonds. The van der Waals surface area contributed by atoms with Gasteiger partial charge in [-0.1, -0.05) is 37.3 Å². The number of benzene rings is 2. The van der Waals surface area contributed by atoms with Crippen molar-refractivity contribution in [1.82, 2.24) is 4.90 Å². The average molecular weight is 367 g/mol. The highest BCUT2D eigenvalue weighted by Crippen LogP contribution is 2.37. The molecule has 1 saturated heterocycles. The monoisotopic (exact) mass is 366 g/mol. The van der Waals surface area contributed by atoms with Gasteiger partial charge in [-0.05, 0) is 75.6 Å². The summed E-state index contributed by atoms with van der Waals surface area (Å²) in [7, 11) is 0. The van der Waals surface area contributed by atoms with E-state index in [2.05, 4.69) is 29.3 Å². The lowest BCUT2D eigenvalue weighted by atomic mass is 9.73. The van der Waals surface area contributed by atoms with Gasteiger partial charge in [0.2, 0.25) is 5.91 Å². The molecule has 1 unspecified atom stereocenters. The third kappa shape index (κ3) is 4.51. The summed E-state index contributed by atoms with van der Waals surface area (Å²) in [6.45, 7) is 7.83. The number of carbonyl (C=O) groups excluding carboxylic acids is 1. The molecule has 1 N–H and O–H groups in total. The van der Waals surface area contributed by atoms with Crippen molar-refractivity contribution in [3.8, 4) is 5.75 Å². The number of ether oxygens (including phenoxy) is 1. The van der Waals surface area contributed by atoms with E-state index in [9.17, 15) is 4.79 Å². The van der Waals surface area contributed by atoms with E-state index >= 15 is 0 Å². The highest BCUT2D eigenvalue weighted by molar-refractivity contribution is 5.99. The summed E-state index contributed by atoms with van der Waals surface area (Å²) in [4.78, 5) is 15.9. The van der Waals surface area contributed by atoms with Crippen LogP contribution in [0.1, 0.15) is 38.7 Å². The van der Waals surface area contributed by atoms with Crippen LogP contribution in [-0.2, 0) is 10.2 Å². The van der Waals surface area contributed by atoms with Crippen LogP contribution in [0.15, 0.2) is 54.6 Å². The topological polar surface area (TPSA) is 41.6 Å². The second-order valence-corrected chi connectivity index (χ2v) is 7.15. The molecule has 1 aliphatic rings. The molecular weight excluding hydrogens is 336 g/mol. The maximum Gasteiger partial charge on any atom is 0.235 e. The fourth-order valence-corrected chi connectivity index (χ4v) is 3.96. The van der Waals surface area contributed by atoms with Crippen LogP contribution in [0.3, 0.4) is 0 Å². The van der Waals surface area contributed by atoms with Crippen molar-refractivity contribution in [2.24, 2.45) is 0 Å². The van der Waals surface area contributed by atoms with Crippen molar-refractivity contribution in [3.63, 3.8) is 0 Å². The zero-order chi connectivity index (χ0) is 19.1. The number of anilines is 1. The molecule has 0 radical (unpaired) electrons. The molecule has 4 heteroatoms. The average Bonchev–Trinajstić information content (AvgIpc) is 2.94. The molecule has 144 valence electrons. The van der Waals surface area contributed by atoms with Gasteiger partial charge in [0.15, 0.2) is 0 Å². The van der Waals surface area contributed by atoms with Crippen LogP contribution in [0.25, 0.3) is 0 Å². The van der Waals surface area contributed by atoms with Gasteiger partial charge in [-0.15, -0.1) is 0 Å². The van der Waals surface area contributed by atoms with Gasteiger partial charge in [0.1, 0.15) is 5.75 Å². The molecule has 0 saturated carbocycles. The van der Waals surface area contributed by atoms with Crippen LogP contribution < -0.4 is 10.1 Å². The molecule has 27 heavy (non-hydrogen) atoms. The second-order valence-electron chi connectivity index (χ2n) is 7.15. The molecule has 1 aliphatic heterocycles. The van der Waals surface area contributed by atoms with Gasteiger partial charge in [-0.2, -0.15) is 0 Å². The Hall–Kier alpha value is -2.33. The fourth-order valence-electron chi connectivity index (χ4n) is 3.96. The van der Waals surface area contributed by atoms with Gasteiger partial charge in [0.25, 0.3) is 0 Å². The molecule has 0 aliphatic carbocycles. The van der Waals surface area contributed by atoms with E-state index in [4.69, 9.17) is 4.74 Å². The molecule has 0 bridgehead atoms. The summed E-state index contributed by atoms with van der Waals surface area (Å²) < 4.78 is 5.49. The Morgan fingerprint density at radius 3 is 2.44 bits per heavy atom. The van der Waals surface area contributed by atoms with Crippen molar-refractivity contribution in [1.29, 1.82) is 0 Å². The second kappa shape index (κ2) is 9.05. The van der Waals surface area contributed by atoms with Crippen molar-refractivity contribution in [3.05, 3.63) is 60.2 Å². The Kier molecular flexibility index (Phi) is 6.51. The van der Waals surface area contributed by atoms with E-state index in [1.54, 1.807) is 0 Å². The minimum atomic E-state index is -0.482. The first-order valence-electron chi connectivity index (χ1n) is 10.00. The first kappa shape index (κ1) is 19.4. The normalized spacial score (nSPS) is 20.7. The summed E-state index contributed by atoms with van der Waals surface area (Å²) in [6.07, 6.45) is 2.74. The molecule has 0 spiro atoms. The number of nitrogens with zero attached hydrogens (tertiary/aromatic N) is 1. The van der Waals surface area contributed by atoms with Crippen molar-refractivity contribution in [2.75, 3.05) is 31.6 Å². The Labute approximate surface area is 162 Å². The molecule has 2 aromatic rings. The Morgan fingerprint density at radius 2 is 1.78 bits per heavy atom.